The highest BCUT2D eigenvalue weighted by molar-refractivity contribution is 5.22. The van der Waals surface area contributed by atoms with Crippen molar-refractivity contribution in [2.24, 2.45) is 0 Å². The highest BCUT2D eigenvalue weighted by atomic mass is 16.5. The highest BCUT2D eigenvalue weighted by Crippen LogP contribution is 2.09. The number of benzene rings is 1. The number of hydrogen-bond acceptors (Lipinski definition) is 2. The van der Waals surface area contributed by atoms with E-state index in [1.54, 1.807) is 0 Å². The third-order valence-electron chi connectivity index (χ3n) is 2.21. The molecule has 1 N–H and O–H groups in total. The molecule has 1 heterocycles. The summed E-state index contributed by atoms with van der Waals surface area (Å²) in [7, 11) is 0. The predicted molar refractivity (Wildman–Crippen MR) is 64.9 cm³/mol. The molecule has 1 radical (unpaired) electrons. The minimum absolute atomic E-state index is 0.671. The van der Waals surface area contributed by atoms with Crippen LogP contribution in [-0.2, 0) is 0 Å². The van der Waals surface area contributed by atoms with E-state index in [9.17, 15) is 0 Å². The molecule has 0 spiro atoms. The number of hydrogen-bond donors (Lipinski definition) is 1. The van der Waals surface area contributed by atoms with Crippen LogP contribution in [-0.4, -0.2) is 6.61 Å². The monoisotopic (exact) mass is 212 g/mol. The molecule has 0 saturated heterocycles. The van der Waals surface area contributed by atoms with Gasteiger partial charge < -0.3 is 10.1 Å². The summed E-state index contributed by atoms with van der Waals surface area (Å²) < 4.78 is 5.60. The Morgan fingerprint density at radius 1 is 1.12 bits per heavy atom. The van der Waals surface area contributed by atoms with Gasteiger partial charge >= 0.3 is 0 Å². The first kappa shape index (κ1) is 10.6. The molecular formula is C14H14NO. The Morgan fingerprint density at radius 2 is 2.00 bits per heavy atom. The van der Waals surface area contributed by atoms with Crippen LogP contribution in [0.25, 0.3) is 0 Å². The van der Waals surface area contributed by atoms with Crippen molar-refractivity contribution in [1.29, 1.82) is 0 Å². The first-order chi connectivity index (χ1) is 7.95. The van der Waals surface area contributed by atoms with Crippen LogP contribution in [0.1, 0.15) is 6.42 Å². The maximum absolute atomic E-state index is 5.60. The van der Waals surface area contributed by atoms with Crippen LogP contribution in [0, 0.1) is 6.07 Å². The molecule has 0 atom stereocenters. The molecule has 0 aromatic heterocycles. The van der Waals surface area contributed by atoms with E-state index in [2.05, 4.69) is 17.5 Å². The molecule has 1 aromatic carbocycles. The Labute approximate surface area is 95.9 Å². The Kier molecular flexibility index (Phi) is 3.83. The number of ether oxygens (including phenoxy) is 1. The van der Waals surface area contributed by atoms with Gasteiger partial charge in [0.15, 0.2) is 0 Å². The SMILES string of the molecule is [c]1ccc(OCCC2=CC=CC=CN2)cc1. The maximum Gasteiger partial charge on any atom is 0.119 e. The van der Waals surface area contributed by atoms with Crippen LogP contribution >= 0.6 is 0 Å². The molecule has 2 rings (SSSR count). The van der Waals surface area contributed by atoms with E-state index in [0.717, 1.165) is 17.9 Å². The Morgan fingerprint density at radius 3 is 2.88 bits per heavy atom. The first-order valence-corrected chi connectivity index (χ1v) is 5.33. The van der Waals surface area contributed by atoms with E-state index in [1.807, 2.05) is 48.7 Å². The molecule has 0 saturated carbocycles. The molecule has 81 valence electrons. The van der Waals surface area contributed by atoms with Crippen molar-refractivity contribution in [2.75, 3.05) is 6.61 Å². The minimum Gasteiger partial charge on any atom is -0.493 e. The van der Waals surface area contributed by atoms with Crippen molar-refractivity contribution >= 4 is 0 Å². The van der Waals surface area contributed by atoms with Gasteiger partial charge in [-0.2, -0.15) is 0 Å². The van der Waals surface area contributed by atoms with Crippen LogP contribution in [0.2, 0.25) is 0 Å². The lowest BCUT2D eigenvalue weighted by atomic mass is 10.3. The van der Waals surface area contributed by atoms with Gasteiger partial charge in [-0.1, -0.05) is 24.3 Å². The van der Waals surface area contributed by atoms with Crippen molar-refractivity contribution in [1.82, 2.24) is 5.32 Å². The summed E-state index contributed by atoms with van der Waals surface area (Å²) in [6.45, 7) is 0.671. The molecular weight excluding hydrogens is 198 g/mol. The summed E-state index contributed by atoms with van der Waals surface area (Å²) in [6, 6.07) is 10.5. The molecule has 1 aliphatic heterocycles. The van der Waals surface area contributed by atoms with E-state index in [0.29, 0.717) is 6.61 Å². The molecule has 1 aliphatic rings. The van der Waals surface area contributed by atoms with Gasteiger partial charge in [-0.05, 0) is 30.4 Å². The molecule has 0 unspecified atom stereocenters. The maximum atomic E-state index is 5.60. The largest absolute Gasteiger partial charge is 0.493 e. The summed E-state index contributed by atoms with van der Waals surface area (Å²) in [5.74, 6) is 0.888. The summed E-state index contributed by atoms with van der Waals surface area (Å²) in [5, 5.41) is 3.20. The van der Waals surface area contributed by atoms with Gasteiger partial charge in [0.25, 0.3) is 0 Å². The van der Waals surface area contributed by atoms with Crippen molar-refractivity contribution in [2.45, 2.75) is 6.42 Å². The third-order valence-corrected chi connectivity index (χ3v) is 2.21. The fourth-order valence-corrected chi connectivity index (χ4v) is 1.40. The number of nitrogens with one attached hydrogen (secondary N) is 1. The normalized spacial score (nSPS) is 13.9. The van der Waals surface area contributed by atoms with Crippen molar-refractivity contribution < 1.29 is 4.74 Å². The zero-order chi connectivity index (χ0) is 11.1. The van der Waals surface area contributed by atoms with E-state index in [-0.39, 0.29) is 0 Å². The Hall–Kier alpha value is -1.96. The fraction of sp³-hybridized carbons (Fsp3) is 0.143. The van der Waals surface area contributed by atoms with Gasteiger partial charge in [0.1, 0.15) is 5.75 Å². The first-order valence-electron chi connectivity index (χ1n) is 5.33. The van der Waals surface area contributed by atoms with E-state index in [4.69, 9.17) is 4.74 Å². The highest BCUT2D eigenvalue weighted by Gasteiger charge is 1.96. The van der Waals surface area contributed by atoms with E-state index < -0.39 is 0 Å². The zero-order valence-electron chi connectivity index (χ0n) is 9.02. The smallest absolute Gasteiger partial charge is 0.119 e. The summed E-state index contributed by atoms with van der Waals surface area (Å²) in [4.78, 5) is 0. The van der Waals surface area contributed by atoms with Crippen LogP contribution in [0.4, 0.5) is 0 Å². The molecule has 1 aromatic rings. The predicted octanol–water partition coefficient (Wildman–Crippen LogP) is 2.81. The average Bonchev–Trinajstić information content (AvgIpc) is 2.59. The van der Waals surface area contributed by atoms with Gasteiger partial charge in [0.05, 0.1) is 6.61 Å². The number of rotatable bonds is 4. The summed E-state index contributed by atoms with van der Waals surface area (Å²) in [6.07, 6.45) is 10.8. The standard InChI is InChI=1S/C14H14NO/c1-4-8-14(9-5-1)16-12-10-13-7-3-2-6-11-15-13/h2-9,11,15H,10,12H2. The molecule has 0 aliphatic carbocycles. The van der Waals surface area contributed by atoms with Gasteiger partial charge in [-0.3, -0.25) is 0 Å². The second kappa shape index (κ2) is 5.81. The lowest BCUT2D eigenvalue weighted by Gasteiger charge is -2.08. The second-order valence-electron chi connectivity index (χ2n) is 3.41. The number of allylic oxidation sites excluding steroid dienone is 4. The third kappa shape index (κ3) is 3.31. The molecule has 0 bridgehead atoms. The molecule has 0 amide bonds. The molecule has 2 nitrogen and oxygen atoms in total. The van der Waals surface area contributed by atoms with Crippen LogP contribution in [0.3, 0.4) is 0 Å². The van der Waals surface area contributed by atoms with Crippen LogP contribution in [0.5, 0.6) is 5.75 Å². The average molecular weight is 212 g/mol. The van der Waals surface area contributed by atoms with Crippen molar-refractivity contribution in [3.05, 3.63) is 66.5 Å². The Bertz CT molecular complexity index is 404. The lowest BCUT2D eigenvalue weighted by molar-refractivity contribution is 0.319. The molecule has 2 heteroatoms. The van der Waals surface area contributed by atoms with Gasteiger partial charge in [0.2, 0.25) is 0 Å². The van der Waals surface area contributed by atoms with E-state index >= 15 is 0 Å². The summed E-state index contributed by atoms with van der Waals surface area (Å²) >= 11 is 0. The van der Waals surface area contributed by atoms with Crippen molar-refractivity contribution in [3.63, 3.8) is 0 Å². The Balaban J connectivity index is 1.78. The second-order valence-corrected chi connectivity index (χ2v) is 3.41. The zero-order valence-corrected chi connectivity index (χ0v) is 9.02. The fourth-order valence-electron chi connectivity index (χ4n) is 1.40. The van der Waals surface area contributed by atoms with Gasteiger partial charge in [-0.25, -0.2) is 0 Å². The summed E-state index contributed by atoms with van der Waals surface area (Å²) in [5.41, 5.74) is 1.16. The molecule has 0 fully saturated rings. The van der Waals surface area contributed by atoms with Crippen molar-refractivity contribution in [3.8, 4) is 5.75 Å². The minimum atomic E-state index is 0.671. The van der Waals surface area contributed by atoms with E-state index in [1.165, 1.54) is 0 Å². The van der Waals surface area contributed by atoms with Gasteiger partial charge in [-0.15, -0.1) is 0 Å². The quantitative estimate of drug-likeness (QED) is 0.828. The van der Waals surface area contributed by atoms with Gasteiger partial charge in [0, 0.05) is 18.3 Å². The van der Waals surface area contributed by atoms with Crippen LogP contribution in [0.15, 0.2) is 60.5 Å². The lowest BCUT2D eigenvalue weighted by Crippen LogP contribution is -2.08. The van der Waals surface area contributed by atoms with Crippen LogP contribution < -0.4 is 10.1 Å². The molecule has 16 heavy (non-hydrogen) atoms. The topological polar surface area (TPSA) is 21.3 Å².